The molecule has 0 spiro atoms. The summed E-state index contributed by atoms with van der Waals surface area (Å²) in [5, 5.41) is 1.17. The van der Waals surface area contributed by atoms with Crippen molar-refractivity contribution in [3.63, 3.8) is 0 Å². The minimum absolute atomic E-state index is 0.444. The Labute approximate surface area is 82.0 Å². The quantitative estimate of drug-likeness (QED) is 0.516. The number of fused-ring (bicyclic) bond motifs is 1. The van der Waals surface area contributed by atoms with E-state index in [4.69, 9.17) is 9.21 Å². The summed E-state index contributed by atoms with van der Waals surface area (Å²) in [6.07, 6.45) is 1.71. The Hall–Kier alpha value is -1.22. The second kappa shape index (κ2) is 4.72. The summed E-state index contributed by atoms with van der Waals surface area (Å²) in [5.41, 5.74) is 2.66. The van der Waals surface area contributed by atoms with Gasteiger partial charge in [0.25, 0.3) is 0 Å². The van der Waals surface area contributed by atoms with Crippen molar-refractivity contribution in [2.24, 2.45) is 0 Å². The zero-order valence-electron chi connectivity index (χ0n) is 7.23. The highest BCUT2D eigenvalue weighted by atomic mass is 32.1. The van der Waals surface area contributed by atoms with Gasteiger partial charge in [-0.1, -0.05) is 12.1 Å². The highest BCUT2D eigenvalue weighted by molar-refractivity contribution is 7.94. The van der Waals surface area contributed by atoms with E-state index >= 15 is 0 Å². The van der Waals surface area contributed by atoms with Crippen molar-refractivity contribution in [2.45, 2.75) is 6.92 Å². The number of carbonyl (C=O) groups is 1. The summed E-state index contributed by atoms with van der Waals surface area (Å²) in [5.74, 6) is 0. The Morgan fingerprint density at radius 2 is 2.08 bits per heavy atom. The molecule has 0 atom stereocenters. The minimum atomic E-state index is 0.444. The van der Waals surface area contributed by atoms with Gasteiger partial charge in [0.1, 0.15) is 5.58 Å². The molecule has 0 fully saturated rings. The van der Waals surface area contributed by atoms with E-state index in [-0.39, 0.29) is 0 Å². The van der Waals surface area contributed by atoms with Gasteiger partial charge < -0.3 is 4.42 Å². The predicted octanol–water partition coefficient (Wildman–Crippen LogP) is 2.85. The lowest BCUT2D eigenvalue weighted by atomic mass is 10.2. The number of hydrogen-bond donors (Lipinski definition) is 1. The molecule has 13 heavy (non-hydrogen) atoms. The van der Waals surface area contributed by atoms with Crippen LogP contribution >= 0.6 is 12.6 Å². The van der Waals surface area contributed by atoms with Crippen molar-refractivity contribution in [3.05, 3.63) is 36.1 Å². The summed E-state index contributed by atoms with van der Waals surface area (Å²) < 4.78 is 5.20. The Morgan fingerprint density at radius 1 is 1.38 bits per heavy atom. The van der Waals surface area contributed by atoms with Gasteiger partial charge in [-0.3, -0.25) is 4.79 Å². The molecule has 1 heterocycles. The van der Waals surface area contributed by atoms with Crippen molar-refractivity contribution >= 4 is 29.2 Å². The van der Waals surface area contributed by atoms with Crippen molar-refractivity contribution in [1.82, 2.24) is 0 Å². The van der Waals surface area contributed by atoms with Crippen LogP contribution in [0.4, 0.5) is 0 Å². The Bertz CT molecular complexity index is 392. The number of rotatable bonds is 0. The van der Waals surface area contributed by atoms with Crippen LogP contribution in [-0.4, -0.2) is 5.62 Å². The molecule has 2 nitrogen and oxygen atoms in total. The maximum Gasteiger partial charge on any atom is 0.173 e. The van der Waals surface area contributed by atoms with Crippen LogP contribution in [0.5, 0.6) is 0 Å². The molecule has 3 heteroatoms. The minimum Gasteiger partial charge on any atom is -0.464 e. The number of thiol groups is 1. The molecule has 1 aromatic carbocycles. The third-order valence-corrected chi connectivity index (χ3v) is 1.61. The molecular weight excluding hydrogens is 184 g/mol. The number of carbonyl (C=O) groups excluding carboxylic acids is 1. The zero-order chi connectivity index (χ0) is 9.68. The highest BCUT2D eigenvalue weighted by Gasteiger charge is 1.93. The van der Waals surface area contributed by atoms with Gasteiger partial charge in [-0.2, -0.15) is 0 Å². The van der Waals surface area contributed by atoms with E-state index in [0.717, 1.165) is 5.58 Å². The fraction of sp³-hybridized carbons (Fsp3) is 0.100. The largest absolute Gasteiger partial charge is 0.464 e. The van der Waals surface area contributed by atoms with Gasteiger partial charge in [-0.05, 0) is 24.6 Å². The summed E-state index contributed by atoms with van der Waals surface area (Å²) in [4.78, 5) is 8.67. The summed E-state index contributed by atoms with van der Waals surface area (Å²) in [6.45, 7) is 2.06. The fourth-order valence-corrected chi connectivity index (χ4v) is 1.06. The van der Waals surface area contributed by atoms with Crippen molar-refractivity contribution in [3.8, 4) is 0 Å². The first-order valence-electron chi connectivity index (χ1n) is 3.79. The van der Waals surface area contributed by atoms with E-state index in [2.05, 4.69) is 31.7 Å². The first kappa shape index (κ1) is 9.86. The van der Waals surface area contributed by atoms with Crippen LogP contribution < -0.4 is 0 Å². The standard InChI is InChI=1S/C9H8O.CH2OS/c1-7-2-3-8-4-5-10-9(8)6-7;2-1-3/h2-6H,1H3;1H,(H,2,3). The smallest absolute Gasteiger partial charge is 0.173 e. The van der Waals surface area contributed by atoms with E-state index in [9.17, 15) is 0 Å². The predicted molar refractivity (Wildman–Crippen MR) is 56.7 cm³/mol. The molecule has 0 aliphatic rings. The van der Waals surface area contributed by atoms with Gasteiger partial charge in [0.15, 0.2) is 5.62 Å². The molecule has 2 rings (SSSR count). The maximum absolute atomic E-state index is 8.67. The molecule has 0 radical (unpaired) electrons. The van der Waals surface area contributed by atoms with Crippen LogP contribution in [0.3, 0.4) is 0 Å². The monoisotopic (exact) mass is 194 g/mol. The van der Waals surface area contributed by atoms with E-state index in [1.165, 1.54) is 10.9 Å². The van der Waals surface area contributed by atoms with E-state index in [0.29, 0.717) is 5.62 Å². The van der Waals surface area contributed by atoms with Crippen LogP contribution in [-0.2, 0) is 4.79 Å². The molecule has 0 unspecified atom stereocenters. The van der Waals surface area contributed by atoms with Crippen molar-refractivity contribution < 1.29 is 9.21 Å². The van der Waals surface area contributed by atoms with E-state index in [1.807, 2.05) is 12.1 Å². The molecule has 0 saturated heterocycles. The van der Waals surface area contributed by atoms with Gasteiger partial charge >= 0.3 is 0 Å². The number of hydrogen-bond acceptors (Lipinski definition) is 2. The Balaban J connectivity index is 0.000000251. The third-order valence-electron chi connectivity index (χ3n) is 1.61. The topological polar surface area (TPSA) is 30.2 Å². The normalized spacial score (nSPS) is 9.08. The Morgan fingerprint density at radius 3 is 2.77 bits per heavy atom. The number of furan rings is 1. The molecule has 1 aromatic heterocycles. The van der Waals surface area contributed by atoms with E-state index < -0.39 is 0 Å². The first-order valence-corrected chi connectivity index (χ1v) is 4.31. The number of benzene rings is 1. The number of aryl methyl sites for hydroxylation is 1. The maximum atomic E-state index is 8.67. The van der Waals surface area contributed by atoms with Gasteiger partial charge in [0.05, 0.1) is 6.26 Å². The molecule has 0 aliphatic carbocycles. The molecule has 2 aromatic rings. The summed E-state index contributed by atoms with van der Waals surface area (Å²) >= 11 is 3.11. The van der Waals surface area contributed by atoms with Gasteiger partial charge in [0, 0.05) is 5.39 Å². The zero-order valence-corrected chi connectivity index (χ0v) is 8.12. The second-order valence-electron chi connectivity index (χ2n) is 2.57. The molecule has 0 saturated carbocycles. The van der Waals surface area contributed by atoms with Gasteiger partial charge in [-0.25, -0.2) is 0 Å². The van der Waals surface area contributed by atoms with Crippen LogP contribution in [0.2, 0.25) is 0 Å². The average molecular weight is 194 g/mol. The molecule has 0 aliphatic heterocycles. The van der Waals surface area contributed by atoms with Crippen molar-refractivity contribution in [1.29, 1.82) is 0 Å². The molecule has 0 amide bonds. The third kappa shape index (κ3) is 2.63. The molecule has 0 bridgehead atoms. The van der Waals surface area contributed by atoms with Crippen LogP contribution in [0.25, 0.3) is 11.0 Å². The van der Waals surface area contributed by atoms with Gasteiger partial charge in [0.2, 0.25) is 0 Å². The SMILES string of the molecule is Cc1ccc2ccoc2c1.O=CS. The molecular formula is C10H10O2S. The van der Waals surface area contributed by atoms with Crippen LogP contribution in [0, 0.1) is 6.92 Å². The highest BCUT2D eigenvalue weighted by Crippen LogP contribution is 2.15. The average Bonchev–Trinajstić information content (AvgIpc) is 2.52. The van der Waals surface area contributed by atoms with Gasteiger partial charge in [-0.15, -0.1) is 12.6 Å². The first-order chi connectivity index (χ1) is 6.27. The molecule has 68 valence electrons. The Kier molecular flexibility index (Phi) is 3.58. The van der Waals surface area contributed by atoms with E-state index in [1.54, 1.807) is 6.26 Å². The van der Waals surface area contributed by atoms with Crippen LogP contribution in [0.15, 0.2) is 34.9 Å². The van der Waals surface area contributed by atoms with Crippen LogP contribution in [0.1, 0.15) is 5.56 Å². The second-order valence-corrected chi connectivity index (χ2v) is 2.78. The lowest BCUT2D eigenvalue weighted by Gasteiger charge is -1.89. The lowest BCUT2D eigenvalue weighted by Crippen LogP contribution is -1.67. The summed E-state index contributed by atoms with van der Waals surface area (Å²) in [6, 6.07) is 8.15. The molecule has 0 N–H and O–H groups in total. The fourth-order valence-electron chi connectivity index (χ4n) is 1.06. The lowest BCUT2D eigenvalue weighted by molar-refractivity contribution is 0.570. The van der Waals surface area contributed by atoms with Crippen molar-refractivity contribution in [2.75, 3.05) is 0 Å². The summed E-state index contributed by atoms with van der Waals surface area (Å²) in [7, 11) is 0.